The van der Waals surface area contributed by atoms with Crippen LogP contribution in [-0.4, -0.2) is 28.3 Å². The summed E-state index contributed by atoms with van der Waals surface area (Å²) in [7, 11) is 0. The van der Waals surface area contributed by atoms with Crippen molar-refractivity contribution in [3.63, 3.8) is 0 Å². The molecule has 0 unspecified atom stereocenters. The molecule has 40 heavy (non-hydrogen) atoms. The highest BCUT2D eigenvalue weighted by Gasteiger charge is 2.32. The molecule has 4 rings (SSSR count). The van der Waals surface area contributed by atoms with E-state index >= 15 is 0 Å². The lowest BCUT2D eigenvalue weighted by Crippen LogP contribution is -2.52. The number of nitrogens with zero attached hydrogens (tertiary/aromatic N) is 1. The summed E-state index contributed by atoms with van der Waals surface area (Å²) in [6.45, 7) is 3.65. The zero-order chi connectivity index (χ0) is 28.5. The second kappa shape index (κ2) is 12.9. The SMILES string of the molecule is Cc1c(COc2ccc(CN[C@](C)(CO)C(=O)O)c(OCc3cccc(C#N)c3)c2)cccc1-c1ccccc1. The van der Waals surface area contributed by atoms with Gasteiger partial charge in [0.25, 0.3) is 0 Å². The third-order valence-corrected chi connectivity index (χ3v) is 6.87. The van der Waals surface area contributed by atoms with Crippen molar-refractivity contribution in [3.05, 3.63) is 119 Å². The van der Waals surface area contributed by atoms with Crippen LogP contribution in [0.4, 0.5) is 0 Å². The van der Waals surface area contributed by atoms with Crippen molar-refractivity contribution in [3.8, 4) is 28.7 Å². The quantitative estimate of drug-likeness (QED) is 0.216. The zero-order valence-electron chi connectivity index (χ0n) is 22.6. The molecule has 1 atom stereocenters. The number of carboxylic acid groups (broad SMARTS) is 1. The Morgan fingerprint density at radius 3 is 2.42 bits per heavy atom. The minimum Gasteiger partial charge on any atom is -0.489 e. The van der Waals surface area contributed by atoms with Crippen LogP contribution in [0.15, 0.2) is 91.0 Å². The van der Waals surface area contributed by atoms with Gasteiger partial charge in [-0.25, -0.2) is 0 Å². The molecule has 204 valence electrons. The molecule has 0 aliphatic heterocycles. The van der Waals surface area contributed by atoms with Crippen LogP contribution < -0.4 is 14.8 Å². The topological polar surface area (TPSA) is 112 Å². The van der Waals surface area contributed by atoms with Gasteiger partial charge in [-0.05, 0) is 59.9 Å². The van der Waals surface area contributed by atoms with Crippen LogP contribution in [0, 0.1) is 18.3 Å². The van der Waals surface area contributed by atoms with E-state index in [4.69, 9.17) is 9.47 Å². The van der Waals surface area contributed by atoms with Crippen molar-refractivity contribution in [2.75, 3.05) is 6.61 Å². The first kappa shape index (κ1) is 28.4. The minimum atomic E-state index is -1.51. The minimum absolute atomic E-state index is 0.148. The lowest BCUT2D eigenvalue weighted by molar-refractivity contribution is -0.145. The summed E-state index contributed by atoms with van der Waals surface area (Å²) in [5.74, 6) is -0.0520. The number of hydrogen-bond donors (Lipinski definition) is 3. The van der Waals surface area contributed by atoms with Crippen LogP contribution in [0.5, 0.6) is 11.5 Å². The van der Waals surface area contributed by atoms with E-state index < -0.39 is 18.1 Å². The van der Waals surface area contributed by atoms with E-state index in [1.54, 1.807) is 24.3 Å². The van der Waals surface area contributed by atoms with Crippen molar-refractivity contribution < 1.29 is 24.5 Å². The van der Waals surface area contributed by atoms with Gasteiger partial charge in [-0.1, -0.05) is 66.7 Å². The molecule has 4 aromatic carbocycles. The molecule has 4 aromatic rings. The highest BCUT2D eigenvalue weighted by atomic mass is 16.5. The Bertz CT molecular complexity index is 1510. The number of aliphatic hydroxyl groups excluding tert-OH is 1. The molecule has 0 saturated heterocycles. The third kappa shape index (κ3) is 6.86. The number of carboxylic acids is 1. The number of benzene rings is 4. The van der Waals surface area contributed by atoms with Crippen molar-refractivity contribution in [1.82, 2.24) is 5.32 Å². The summed E-state index contributed by atoms with van der Waals surface area (Å²) in [6, 6.07) is 31.1. The molecule has 7 heteroatoms. The molecule has 0 aromatic heterocycles. The van der Waals surface area contributed by atoms with Gasteiger partial charge < -0.3 is 19.7 Å². The molecule has 0 spiro atoms. The largest absolute Gasteiger partial charge is 0.489 e. The van der Waals surface area contributed by atoms with E-state index in [9.17, 15) is 20.3 Å². The average Bonchev–Trinajstić information content (AvgIpc) is 2.99. The highest BCUT2D eigenvalue weighted by Crippen LogP contribution is 2.29. The molecule has 0 saturated carbocycles. The molecule has 0 fully saturated rings. The highest BCUT2D eigenvalue weighted by molar-refractivity contribution is 5.78. The summed E-state index contributed by atoms with van der Waals surface area (Å²) >= 11 is 0. The smallest absolute Gasteiger partial charge is 0.326 e. The van der Waals surface area contributed by atoms with Gasteiger partial charge in [-0.15, -0.1) is 0 Å². The van der Waals surface area contributed by atoms with Gasteiger partial charge in [0.2, 0.25) is 0 Å². The number of rotatable bonds is 12. The Labute approximate surface area is 234 Å². The number of ether oxygens (including phenoxy) is 2. The van der Waals surface area contributed by atoms with Gasteiger partial charge in [0.15, 0.2) is 0 Å². The first-order valence-corrected chi connectivity index (χ1v) is 12.9. The molecule has 3 N–H and O–H groups in total. The molecule has 0 aliphatic rings. The van der Waals surface area contributed by atoms with Crippen LogP contribution in [0.25, 0.3) is 11.1 Å². The fourth-order valence-electron chi connectivity index (χ4n) is 4.22. The number of aliphatic carboxylic acids is 1. The van der Waals surface area contributed by atoms with Gasteiger partial charge >= 0.3 is 5.97 Å². The number of nitriles is 1. The van der Waals surface area contributed by atoms with Crippen molar-refractivity contribution >= 4 is 5.97 Å². The summed E-state index contributed by atoms with van der Waals surface area (Å²) in [5, 5.41) is 31.3. The Hall–Kier alpha value is -4.64. The maximum absolute atomic E-state index is 11.6. The van der Waals surface area contributed by atoms with Gasteiger partial charge in [0.1, 0.15) is 30.3 Å². The number of nitrogens with one attached hydrogen (secondary N) is 1. The first-order valence-electron chi connectivity index (χ1n) is 12.9. The van der Waals surface area contributed by atoms with E-state index in [-0.39, 0.29) is 13.2 Å². The van der Waals surface area contributed by atoms with Crippen molar-refractivity contribution in [2.24, 2.45) is 0 Å². The van der Waals surface area contributed by atoms with E-state index in [0.29, 0.717) is 29.2 Å². The molecular weight excluding hydrogens is 504 g/mol. The van der Waals surface area contributed by atoms with Crippen LogP contribution in [0.3, 0.4) is 0 Å². The van der Waals surface area contributed by atoms with E-state index in [2.05, 4.69) is 36.5 Å². The average molecular weight is 537 g/mol. The summed E-state index contributed by atoms with van der Waals surface area (Å²) in [4.78, 5) is 11.6. The predicted molar refractivity (Wildman–Crippen MR) is 153 cm³/mol. The van der Waals surface area contributed by atoms with Crippen LogP contribution in [-0.2, 0) is 24.6 Å². The molecule has 0 aliphatic carbocycles. The molecule has 0 heterocycles. The predicted octanol–water partition coefficient (Wildman–Crippen LogP) is 5.62. The number of carbonyl (C=O) groups is 1. The fraction of sp³-hybridized carbons (Fsp3) is 0.212. The molecule has 0 radical (unpaired) electrons. The second-order valence-corrected chi connectivity index (χ2v) is 9.76. The first-order chi connectivity index (χ1) is 19.3. The van der Waals surface area contributed by atoms with Gasteiger partial charge in [-0.2, -0.15) is 5.26 Å². The van der Waals surface area contributed by atoms with E-state index in [1.807, 2.05) is 48.5 Å². The monoisotopic (exact) mass is 536 g/mol. The zero-order valence-corrected chi connectivity index (χ0v) is 22.6. The Morgan fingerprint density at radius 1 is 0.925 bits per heavy atom. The van der Waals surface area contributed by atoms with Gasteiger partial charge in [0.05, 0.1) is 18.2 Å². The molecule has 0 bridgehead atoms. The molecule has 0 amide bonds. The van der Waals surface area contributed by atoms with Gasteiger partial charge in [-0.3, -0.25) is 10.1 Å². The summed E-state index contributed by atoms with van der Waals surface area (Å²) < 4.78 is 12.3. The maximum Gasteiger partial charge on any atom is 0.326 e. The molecule has 7 nitrogen and oxygen atoms in total. The Kier molecular flexibility index (Phi) is 9.18. The Morgan fingerprint density at radius 2 is 1.70 bits per heavy atom. The second-order valence-electron chi connectivity index (χ2n) is 9.76. The van der Waals surface area contributed by atoms with E-state index in [1.165, 1.54) is 6.92 Å². The lowest BCUT2D eigenvalue weighted by Gasteiger charge is -2.24. The van der Waals surface area contributed by atoms with E-state index in [0.717, 1.165) is 27.8 Å². The maximum atomic E-state index is 11.6. The number of aliphatic hydroxyl groups is 1. The van der Waals surface area contributed by atoms with Crippen LogP contribution in [0.2, 0.25) is 0 Å². The van der Waals surface area contributed by atoms with Gasteiger partial charge in [0, 0.05) is 18.2 Å². The van der Waals surface area contributed by atoms with Crippen molar-refractivity contribution in [2.45, 2.75) is 39.1 Å². The molecular formula is C33H32N2O5. The fourth-order valence-corrected chi connectivity index (χ4v) is 4.22. The lowest BCUT2D eigenvalue weighted by atomic mass is 9.97. The number of hydrogen-bond acceptors (Lipinski definition) is 6. The summed E-state index contributed by atoms with van der Waals surface area (Å²) in [6.07, 6.45) is 0. The van der Waals surface area contributed by atoms with Crippen LogP contribution >= 0.6 is 0 Å². The normalized spacial score (nSPS) is 12.2. The van der Waals surface area contributed by atoms with Crippen molar-refractivity contribution in [1.29, 1.82) is 5.26 Å². The van der Waals surface area contributed by atoms with Crippen LogP contribution in [0.1, 0.15) is 34.7 Å². The third-order valence-electron chi connectivity index (χ3n) is 6.87. The Balaban J connectivity index is 1.55. The summed E-state index contributed by atoms with van der Waals surface area (Å²) in [5.41, 5.74) is 5.05. The standard InChI is InChI=1S/C33H32N2O5/c1-23-28(12-7-13-30(23)26-10-4-3-5-11-26)21-39-29-15-14-27(19-35-33(2,22-36)32(37)38)31(17-29)40-20-25-9-6-8-24(16-25)18-34/h3-17,35-36H,19-22H2,1-2H3,(H,37,38)/t33-/m1/s1.